The monoisotopic (exact) mass is 340 g/mol. The molecule has 0 saturated carbocycles. The SMILES string of the molecule is COc1cc(C)nc(NC(=O)NS(=O)(=O)c2cn(C)nc2C)n1. The van der Waals surface area contributed by atoms with Crippen LogP contribution in [-0.2, 0) is 17.1 Å². The Bertz CT molecular complexity index is 845. The van der Waals surface area contributed by atoms with Crippen molar-refractivity contribution in [2.45, 2.75) is 18.7 Å². The Labute approximate surface area is 132 Å². The Kier molecular flexibility index (Phi) is 4.50. The molecule has 2 aromatic heterocycles. The van der Waals surface area contributed by atoms with Crippen molar-refractivity contribution in [1.29, 1.82) is 0 Å². The van der Waals surface area contributed by atoms with Gasteiger partial charge in [-0.25, -0.2) is 22.9 Å². The van der Waals surface area contributed by atoms with Gasteiger partial charge in [-0.2, -0.15) is 10.1 Å². The number of aryl methyl sites for hydroxylation is 3. The van der Waals surface area contributed by atoms with Gasteiger partial charge in [0.15, 0.2) is 0 Å². The second-order valence-electron chi connectivity index (χ2n) is 4.69. The van der Waals surface area contributed by atoms with Gasteiger partial charge in [0.05, 0.1) is 12.8 Å². The van der Waals surface area contributed by atoms with E-state index in [9.17, 15) is 13.2 Å². The molecule has 0 fully saturated rings. The third kappa shape index (κ3) is 3.94. The molecule has 11 heteroatoms. The lowest BCUT2D eigenvalue weighted by Gasteiger charge is -2.08. The van der Waals surface area contributed by atoms with Crippen molar-refractivity contribution >= 4 is 22.0 Å². The second kappa shape index (κ2) is 6.20. The zero-order valence-electron chi connectivity index (χ0n) is 13.0. The molecule has 0 aromatic carbocycles. The highest BCUT2D eigenvalue weighted by atomic mass is 32.2. The number of hydrogen-bond acceptors (Lipinski definition) is 7. The normalized spacial score (nSPS) is 11.1. The summed E-state index contributed by atoms with van der Waals surface area (Å²) in [6.45, 7) is 3.21. The van der Waals surface area contributed by atoms with Gasteiger partial charge in [-0.3, -0.25) is 10.00 Å². The smallest absolute Gasteiger partial charge is 0.335 e. The summed E-state index contributed by atoms with van der Waals surface area (Å²) < 4.78 is 32.5. The number of carbonyl (C=O) groups is 1. The van der Waals surface area contributed by atoms with Crippen LogP contribution in [-0.4, -0.2) is 41.3 Å². The van der Waals surface area contributed by atoms with Crippen LogP contribution >= 0.6 is 0 Å². The van der Waals surface area contributed by atoms with Gasteiger partial charge >= 0.3 is 6.03 Å². The van der Waals surface area contributed by atoms with Gasteiger partial charge in [0.2, 0.25) is 11.8 Å². The van der Waals surface area contributed by atoms with Crippen LogP contribution in [0.4, 0.5) is 10.7 Å². The molecule has 23 heavy (non-hydrogen) atoms. The molecule has 2 rings (SSSR count). The summed E-state index contributed by atoms with van der Waals surface area (Å²) in [6, 6.07) is 0.583. The number of hydrogen-bond donors (Lipinski definition) is 2. The molecule has 0 aliphatic heterocycles. The van der Waals surface area contributed by atoms with E-state index in [1.165, 1.54) is 24.9 Å². The van der Waals surface area contributed by atoms with Crippen LogP contribution < -0.4 is 14.8 Å². The van der Waals surface area contributed by atoms with Crippen molar-refractivity contribution in [3.63, 3.8) is 0 Å². The average molecular weight is 340 g/mol. The van der Waals surface area contributed by atoms with Crippen LogP contribution in [0.3, 0.4) is 0 Å². The van der Waals surface area contributed by atoms with Gasteiger partial charge in [-0.05, 0) is 13.8 Å². The predicted octanol–water partition coefficient (Wildman–Crippen LogP) is 0.346. The van der Waals surface area contributed by atoms with E-state index >= 15 is 0 Å². The summed E-state index contributed by atoms with van der Waals surface area (Å²) in [6.07, 6.45) is 1.30. The molecule has 0 radical (unpaired) electrons. The number of anilines is 1. The fourth-order valence-corrected chi connectivity index (χ4v) is 2.97. The Morgan fingerprint density at radius 1 is 1.30 bits per heavy atom. The van der Waals surface area contributed by atoms with E-state index in [0.29, 0.717) is 5.69 Å². The van der Waals surface area contributed by atoms with E-state index in [0.717, 1.165) is 0 Å². The standard InChI is InChI=1S/C12H16N6O4S/c1-7-5-10(22-4)14-11(13-7)15-12(19)17-23(20,21)9-6-18(3)16-8(9)2/h5-6H,1-4H3,(H2,13,14,15,17,19). The lowest BCUT2D eigenvalue weighted by molar-refractivity contribution is 0.256. The average Bonchev–Trinajstić information content (AvgIpc) is 2.77. The molecule has 2 aromatic rings. The predicted molar refractivity (Wildman–Crippen MR) is 80.6 cm³/mol. The Morgan fingerprint density at radius 2 is 2.00 bits per heavy atom. The fraction of sp³-hybridized carbons (Fsp3) is 0.333. The van der Waals surface area contributed by atoms with Gasteiger partial charge < -0.3 is 4.74 Å². The molecule has 10 nitrogen and oxygen atoms in total. The molecule has 0 unspecified atom stereocenters. The molecule has 2 amide bonds. The summed E-state index contributed by atoms with van der Waals surface area (Å²) in [4.78, 5) is 19.7. The first-order valence-electron chi connectivity index (χ1n) is 6.45. The molecule has 0 aliphatic carbocycles. The maximum atomic E-state index is 12.2. The molecular formula is C12H16N6O4S. The van der Waals surface area contributed by atoms with E-state index < -0.39 is 16.1 Å². The highest BCUT2D eigenvalue weighted by Crippen LogP contribution is 2.13. The van der Waals surface area contributed by atoms with Gasteiger partial charge in [0.1, 0.15) is 4.90 Å². The lowest BCUT2D eigenvalue weighted by Crippen LogP contribution is -2.35. The maximum absolute atomic E-state index is 12.2. The summed E-state index contributed by atoms with van der Waals surface area (Å²) >= 11 is 0. The third-order valence-corrected chi connectivity index (χ3v) is 4.18. The zero-order chi connectivity index (χ0) is 17.2. The summed E-state index contributed by atoms with van der Waals surface area (Å²) in [5.74, 6) is 0.177. The molecule has 0 bridgehead atoms. The number of sulfonamides is 1. The van der Waals surface area contributed by atoms with Gasteiger partial charge in [0, 0.05) is 25.0 Å². The summed E-state index contributed by atoms with van der Waals surface area (Å²) in [7, 11) is -1.05. The van der Waals surface area contributed by atoms with Gasteiger partial charge in [-0.15, -0.1) is 0 Å². The minimum Gasteiger partial charge on any atom is -0.481 e. The van der Waals surface area contributed by atoms with Crippen molar-refractivity contribution in [3.8, 4) is 5.88 Å². The number of rotatable bonds is 4. The number of amides is 2. The van der Waals surface area contributed by atoms with Crippen LogP contribution in [0, 0.1) is 13.8 Å². The molecule has 2 heterocycles. The quantitative estimate of drug-likeness (QED) is 0.821. The van der Waals surface area contributed by atoms with E-state index in [4.69, 9.17) is 4.74 Å². The summed E-state index contributed by atoms with van der Waals surface area (Å²) in [5.41, 5.74) is 0.833. The molecular weight excluding hydrogens is 324 g/mol. The van der Waals surface area contributed by atoms with Gasteiger partial charge in [-0.1, -0.05) is 0 Å². The Hall–Kier alpha value is -2.69. The highest BCUT2D eigenvalue weighted by Gasteiger charge is 2.22. The zero-order valence-corrected chi connectivity index (χ0v) is 13.8. The lowest BCUT2D eigenvalue weighted by atomic mass is 10.4. The molecule has 124 valence electrons. The number of nitrogens with one attached hydrogen (secondary N) is 2. The first-order chi connectivity index (χ1) is 10.7. The largest absolute Gasteiger partial charge is 0.481 e. The Balaban J connectivity index is 2.16. The highest BCUT2D eigenvalue weighted by molar-refractivity contribution is 7.90. The van der Waals surface area contributed by atoms with E-state index in [1.807, 2.05) is 4.72 Å². The van der Waals surface area contributed by atoms with Crippen molar-refractivity contribution < 1.29 is 17.9 Å². The Morgan fingerprint density at radius 3 is 2.57 bits per heavy atom. The maximum Gasteiger partial charge on any atom is 0.335 e. The summed E-state index contributed by atoms with van der Waals surface area (Å²) in [5, 5.41) is 6.18. The number of urea groups is 1. The first-order valence-corrected chi connectivity index (χ1v) is 7.93. The molecule has 0 saturated heterocycles. The number of methoxy groups -OCH3 is 1. The van der Waals surface area contributed by atoms with Crippen LogP contribution in [0.1, 0.15) is 11.4 Å². The van der Waals surface area contributed by atoms with Crippen molar-refractivity contribution in [2.24, 2.45) is 7.05 Å². The number of ether oxygens (including phenoxy) is 1. The van der Waals surface area contributed by atoms with Crippen LogP contribution in [0.15, 0.2) is 17.2 Å². The second-order valence-corrected chi connectivity index (χ2v) is 6.34. The number of aromatic nitrogens is 4. The minimum absolute atomic E-state index is 0.0718. The fourth-order valence-electron chi connectivity index (χ4n) is 1.85. The molecule has 2 N–H and O–H groups in total. The number of nitrogens with zero attached hydrogens (tertiary/aromatic N) is 4. The number of carbonyl (C=O) groups excluding carboxylic acids is 1. The van der Waals surface area contributed by atoms with Crippen molar-refractivity contribution in [3.05, 3.63) is 23.7 Å². The van der Waals surface area contributed by atoms with Crippen molar-refractivity contribution in [1.82, 2.24) is 24.5 Å². The molecule has 0 atom stereocenters. The van der Waals surface area contributed by atoms with Crippen molar-refractivity contribution in [2.75, 3.05) is 12.4 Å². The van der Waals surface area contributed by atoms with Gasteiger partial charge in [0.25, 0.3) is 10.0 Å². The first kappa shape index (κ1) is 16.7. The van der Waals surface area contributed by atoms with Crippen LogP contribution in [0.5, 0.6) is 5.88 Å². The van der Waals surface area contributed by atoms with E-state index in [2.05, 4.69) is 20.4 Å². The third-order valence-electron chi connectivity index (χ3n) is 2.75. The molecule has 0 spiro atoms. The minimum atomic E-state index is -4.05. The van der Waals surface area contributed by atoms with E-state index in [-0.39, 0.29) is 22.4 Å². The molecule has 0 aliphatic rings. The van der Waals surface area contributed by atoms with Crippen LogP contribution in [0.2, 0.25) is 0 Å². The van der Waals surface area contributed by atoms with E-state index in [1.54, 1.807) is 20.0 Å². The topological polar surface area (TPSA) is 128 Å². The van der Waals surface area contributed by atoms with Crippen LogP contribution in [0.25, 0.3) is 0 Å².